The lowest BCUT2D eigenvalue weighted by atomic mass is 10.2. The largest absolute Gasteiger partial charge is 0.342 e. The van der Waals surface area contributed by atoms with Crippen molar-refractivity contribution in [2.24, 2.45) is 0 Å². The Labute approximate surface area is 194 Å². The van der Waals surface area contributed by atoms with Gasteiger partial charge >= 0.3 is 0 Å². The van der Waals surface area contributed by atoms with Crippen molar-refractivity contribution < 1.29 is 14.0 Å². The first-order chi connectivity index (χ1) is 15.4. The van der Waals surface area contributed by atoms with Gasteiger partial charge in [-0.25, -0.2) is 4.39 Å². The first-order valence-corrected chi connectivity index (χ1v) is 11.0. The molecule has 166 valence electrons. The normalized spacial score (nSPS) is 11.6. The van der Waals surface area contributed by atoms with E-state index in [-0.39, 0.29) is 23.4 Å². The molecule has 0 radical (unpaired) electrons. The van der Waals surface area contributed by atoms with Crippen LogP contribution in [-0.4, -0.2) is 32.3 Å². The summed E-state index contributed by atoms with van der Waals surface area (Å²) in [7, 11) is 0. The molecule has 0 bridgehead atoms. The summed E-state index contributed by atoms with van der Waals surface area (Å²) < 4.78 is 14.8. The zero-order valence-corrected chi connectivity index (χ0v) is 18.8. The van der Waals surface area contributed by atoms with Crippen LogP contribution in [0.15, 0.2) is 66.3 Å². The van der Waals surface area contributed by atoms with Gasteiger partial charge in [0.1, 0.15) is 5.82 Å². The molecule has 2 N–H and O–H groups in total. The first-order valence-electron chi connectivity index (χ1n) is 9.66. The van der Waals surface area contributed by atoms with Gasteiger partial charge < -0.3 is 15.2 Å². The van der Waals surface area contributed by atoms with Crippen LogP contribution in [0.1, 0.15) is 29.1 Å². The molecular formula is C22H21ClFN5O2S. The summed E-state index contributed by atoms with van der Waals surface area (Å²) in [4.78, 5) is 24.7. The van der Waals surface area contributed by atoms with E-state index >= 15 is 0 Å². The molecule has 1 heterocycles. The van der Waals surface area contributed by atoms with E-state index < -0.39 is 6.04 Å². The average molecular weight is 474 g/mol. The maximum absolute atomic E-state index is 13.0. The molecule has 0 saturated heterocycles. The van der Waals surface area contributed by atoms with E-state index in [4.69, 9.17) is 11.6 Å². The molecule has 0 fully saturated rings. The van der Waals surface area contributed by atoms with Gasteiger partial charge in [-0.15, -0.1) is 16.8 Å². The summed E-state index contributed by atoms with van der Waals surface area (Å²) in [5, 5.41) is 15.0. The zero-order chi connectivity index (χ0) is 23.1. The van der Waals surface area contributed by atoms with Crippen LogP contribution in [0.4, 0.5) is 10.1 Å². The highest BCUT2D eigenvalue weighted by Gasteiger charge is 2.20. The van der Waals surface area contributed by atoms with Crippen molar-refractivity contribution in [3.63, 3.8) is 0 Å². The van der Waals surface area contributed by atoms with Crippen molar-refractivity contribution in [1.82, 2.24) is 20.1 Å². The van der Waals surface area contributed by atoms with Crippen LogP contribution in [0.2, 0.25) is 5.02 Å². The number of benzene rings is 2. The number of carbonyl (C=O) groups excluding carboxylic acids is 2. The molecular weight excluding hydrogens is 453 g/mol. The molecule has 0 aliphatic rings. The molecule has 0 unspecified atom stereocenters. The van der Waals surface area contributed by atoms with Crippen LogP contribution in [0.5, 0.6) is 0 Å². The van der Waals surface area contributed by atoms with Crippen LogP contribution in [0, 0.1) is 5.82 Å². The lowest BCUT2D eigenvalue weighted by Gasteiger charge is -2.15. The minimum atomic E-state index is -0.437. The average Bonchev–Trinajstić information content (AvgIpc) is 3.17. The van der Waals surface area contributed by atoms with E-state index in [0.717, 1.165) is 0 Å². The molecule has 1 atom stereocenters. The summed E-state index contributed by atoms with van der Waals surface area (Å²) in [5.74, 6) is -0.290. The minimum Gasteiger partial charge on any atom is -0.342 e. The highest BCUT2D eigenvalue weighted by atomic mass is 35.5. The fourth-order valence-corrected chi connectivity index (χ4v) is 3.71. The smallest absolute Gasteiger partial charge is 0.251 e. The molecule has 0 aliphatic carbocycles. The highest BCUT2D eigenvalue weighted by Crippen LogP contribution is 2.22. The van der Waals surface area contributed by atoms with Crippen molar-refractivity contribution in [1.29, 1.82) is 0 Å². The Hall–Kier alpha value is -3.17. The Kier molecular flexibility index (Phi) is 8.02. The number of aromatic nitrogens is 3. The third kappa shape index (κ3) is 6.18. The lowest BCUT2D eigenvalue weighted by molar-refractivity contribution is -0.113. The summed E-state index contributed by atoms with van der Waals surface area (Å²) >= 11 is 7.07. The number of anilines is 1. The number of nitrogens with one attached hydrogen (secondary N) is 2. The molecule has 0 spiro atoms. The number of thioether (sulfide) groups is 1. The van der Waals surface area contributed by atoms with Crippen molar-refractivity contribution in [3.8, 4) is 0 Å². The second-order valence-electron chi connectivity index (χ2n) is 6.79. The quantitative estimate of drug-likeness (QED) is 0.353. The minimum absolute atomic E-state index is 0.0815. The van der Waals surface area contributed by atoms with Gasteiger partial charge in [0.2, 0.25) is 5.91 Å². The van der Waals surface area contributed by atoms with Crippen LogP contribution >= 0.6 is 23.4 Å². The summed E-state index contributed by atoms with van der Waals surface area (Å²) in [6.45, 7) is 5.96. The van der Waals surface area contributed by atoms with Crippen LogP contribution < -0.4 is 10.6 Å². The number of allylic oxidation sites excluding steroid dienone is 1. The van der Waals surface area contributed by atoms with Crippen LogP contribution in [0.3, 0.4) is 0 Å². The van der Waals surface area contributed by atoms with Gasteiger partial charge in [0.25, 0.3) is 5.91 Å². The third-order valence-electron chi connectivity index (χ3n) is 4.36. The maximum Gasteiger partial charge on any atom is 0.251 e. The van der Waals surface area contributed by atoms with Crippen LogP contribution in [-0.2, 0) is 11.3 Å². The number of hydrogen-bond acceptors (Lipinski definition) is 5. The van der Waals surface area contributed by atoms with Gasteiger partial charge in [-0.3, -0.25) is 9.59 Å². The third-order valence-corrected chi connectivity index (χ3v) is 5.58. The number of hydrogen-bond donors (Lipinski definition) is 2. The fourth-order valence-electron chi connectivity index (χ4n) is 2.83. The van der Waals surface area contributed by atoms with Gasteiger partial charge in [-0.05, 0) is 55.5 Å². The van der Waals surface area contributed by atoms with E-state index in [0.29, 0.717) is 33.8 Å². The molecule has 32 heavy (non-hydrogen) atoms. The molecule has 0 aliphatic heterocycles. The van der Waals surface area contributed by atoms with Gasteiger partial charge in [-0.2, -0.15) is 0 Å². The maximum atomic E-state index is 13.0. The fraction of sp³-hybridized carbons (Fsp3) is 0.182. The van der Waals surface area contributed by atoms with Gasteiger partial charge in [0.05, 0.1) is 11.8 Å². The van der Waals surface area contributed by atoms with Crippen molar-refractivity contribution in [2.75, 3.05) is 11.1 Å². The zero-order valence-electron chi connectivity index (χ0n) is 17.2. The van der Waals surface area contributed by atoms with Gasteiger partial charge in [0, 0.05) is 22.8 Å². The lowest BCUT2D eigenvalue weighted by Crippen LogP contribution is -2.28. The standard InChI is InChI=1S/C22H21ClFN5O2S/c1-3-12-29-20(14(2)25-21(31)15-4-6-16(23)7-5-15)27-28-22(29)32-13-19(30)26-18-10-8-17(24)9-11-18/h3-11,14H,1,12-13H2,2H3,(H,25,31)(H,26,30)/t14-/m0/s1. The van der Waals surface area contributed by atoms with E-state index in [1.807, 2.05) is 0 Å². The van der Waals surface area contributed by atoms with E-state index in [9.17, 15) is 14.0 Å². The van der Waals surface area contributed by atoms with Gasteiger partial charge in [0.15, 0.2) is 11.0 Å². The molecule has 0 saturated carbocycles. The molecule has 3 rings (SSSR count). The number of rotatable bonds is 9. The predicted octanol–water partition coefficient (Wildman–Crippen LogP) is 4.48. The summed E-state index contributed by atoms with van der Waals surface area (Å²) in [6, 6.07) is 11.7. The second kappa shape index (κ2) is 10.9. The van der Waals surface area contributed by atoms with Gasteiger partial charge in [-0.1, -0.05) is 29.4 Å². The Morgan fingerprint density at radius 1 is 1.19 bits per heavy atom. The Bertz CT molecular complexity index is 1100. The first kappa shape index (κ1) is 23.5. The Balaban J connectivity index is 1.65. The summed E-state index contributed by atoms with van der Waals surface area (Å²) in [6.07, 6.45) is 1.68. The van der Waals surface area contributed by atoms with E-state index in [1.165, 1.54) is 36.0 Å². The number of nitrogens with zero attached hydrogens (tertiary/aromatic N) is 3. The molecule has 7 nitrogen and oxygen atoms in total. The van der Waals surface area contributed by atoms with Crippen LogP contribution in [0.25, 0.3) is 0 Å². The van der Waals surface area contributed by atoms with E-state index in [2.05, 4.69) is 27.4 Å². The molecule has 2 amide bonds. The monoisotopic (exact) mass is 473 g/mol. The SMILES string of the molecule is C=CCn1c(SCC(=O)Nc2ccc(F)cc2)nnc1[C@H](C)NC(=O)c1ccc(Cl)cc1. The topological polar surface area (TPSA) is 88.9 Å². The predicted molar refractivity (Wildman–Crippen MR) is 123 cm³/mol. The second-order valence-corrected chi connectivity index (χ2v) is 8.16. The summed E-state index contributed by atoms with van der Waals surface area (Å²) in [5.41, 5.74) is 0.979. The Morgan fingerprint density at radius 3 is 2.53 bits per heavy atom. The van der Waals surface area contributed by atoms with Crippen molar-refractivity contribution in [2.45, 2.75) is 24.7 Å². The van der Waals surface area contributed by atoms with Crippen molar-refractivity contribution in [3.05, 3.63) is 83.4 Å². The molecule has 10 heteroatoms. The molecule has 3 aromatic rings. The molecule has 1 aromatic heterocycles. The molecule has 2 aromatic carbocycles. The van der Waals surface area contributed by atoms with E-state index in [1.54, 1.807) is 41.8 Å². The Morgan fingerprint density at radius 2 is 1.88 bits per heavy atom. The number of carbonyl (C=O) groups is 2. The highest BCUT2D eigenvalue weighted by molar-refractivity contribution is 7.99. The number of halogens is 2. The van der Waals surface area contributed by atoms with Crippen molar-refractivity contribution >= 4 is 40.9 Å². The number of amides is 2.